The van der Waals surface area contributed by atoms with Gasteiger partial charge in [-0.15, -0.1) is 0 Å². The zero-order valence-corrected chi connectivity index (χ0v) is 15.8. The predicted octanol–water partition coefficient (Wildman–Crippen LogP) is 2.03. The highest BCUT2D eigenvalue weighted by atomic mass is 19.1. The number of benzene rings is 1. The number of rotatable bonds is 5. The SMILES string of the molecule is CCNC(=O)c1cc(C(=O)NC2[C@@H]3COC[C@]23C)cc2c1O[C@H](CF)[C@H]2C. The molecule has 1 saturated heterocycles. The first-order valence-electron chi connectivity index (χ1n) is 9.48. The van der Waals surface area contributed by atoms with Crippen LogP contribution >= 0.6 is 0 Å². The van der Waals surface area contributed by atoms with Crippen LogP contribution in [0.25, 0.3) is 0 Å². The fourth-order valence-electron chi connectivity index (χ4n) is 4.34. The van der Waals surface area contributed by atoms with E-state index in [1.807, 2.05) is 13.8 Å². The first-order valence-corrected chi connectivity index (χ1v) is 9.48. The molecule has 6 nitrogen and oxygen atoms in total. The van der Waals surface area contributed by atoms with Gasteiger partial charge in [0.15, 0.2) is 0 Å². The molecule has 0 radical (unpaired) electrons. The third-order valence-corrected chi connectivity index (χ3v) is 6.28. The quantitative estimate of drug-likeness (QED) is 0.825. The minimum absolute atomic E-state index is 0.00449. The van der Waals surface area contributed by atoms with Crippen LogP contribution < -0.4 is 15.4 Å². The summed E-state index contributed by atoms with van der Waals surface area (Å²) in [7, 11) is 0. The van der Waals surface area contributed by atoms with Crippen LogP contribution in [0.2, 0.25) is 0 Å². The molecule has 7 heteroatoms. The Morgan fingerprint density at radius 3 is 2.74 bits per heavy atom. The fourth-order valence-corrected chi connectivity index (χ4v) is 4.34. The van der Waals surface area contributed by atoms with Gasteiger partial charge in [-0.2, -0.15) is 0 Å². The molecule has 2 fully saturated rings. The maximum Gasteiger partial charge on any atom is 0.255 e. The van der Waals surface area contributed by atoms with E-state index in [0.29, 0.717) is 42.6 Å². The van der Waals surface area contributed by atoms with Crippen LogP contribution in [0.3, 0.4) is 0 Å². The lowest BCUT2D eigenvalue weighted by Crippen LogP contribution is -2.32. The van der Waals surface area contributed by atoms with Gasteiger partial charge in [-0.1, -0.05) is 13.8 Å². The third kappa shape index (κ3) is 2.79. The molecule has 1 aromatic carbocycles. The lowest BCUT2D eigenvalue weighted by atomic mass is 9.93. The Morgan fingerprint density at radius 2 is 2.11 bits per heavy atom. The highest BCUT2D eigenvalue weighted by molar-refractivity contribution is 6.02. The van der Waals surface area contributed by atoms with Crippen molar-refractivity contribution in [2.24, 2.45) is 11.3 Å². The fraction of sp³-hybridized carbons (Fsp3) is 0.600. The zero-order valence-electron chi connectivity index (χ0n) is 15.8. The van der Waals surface area contributed by atoms with Crippen molar-refractivity contribution in [1.82, 2.24) is 10.6 Å². The second-order valence-electron chi connectivity index (χ2n) is 7.98. The summed E-state index contributed by atoms with van der Waals surface area (Å²) in [6.07, 6.45) is -0.634. The minimum Gasteiger partial charge on any atom is -0.486 e. The first-order chi connectivity index (χ1) is 12.9. The van der Waals surface area contributed by atoms with E-state index >= 15 is 0 Å². The molecule has 3 aliphatic rings. The summed E-state index contributed by atoms with van der Waals surface area (Å²) in [5, 5.41) is 5.81. The van der Waals surface area contributed by atoms with E-state index in [-0.39, 0.29) is 34.8 Å². The molecule has 0 spiro atoms. The van der Waals surface area contributed by atoms with Crippen molar-refractivity contribution in [3.63, 3.8) is 0 Å². The molecule has 1 aliphatic carbocycles. The summed E-state index contributed by atoms with van der Waals surface area (Å²) in [5.74, 6) is -0.0380. The average Bonchev–Trinajstić information content (AvgIpc) is 2.95. The maximum atomic E-state index is 13.3. The van der Waals surface area contributed by atoms with Gasteiger partial charge in [-0.25, -0.2) is 4.39 Å². The Kier molecular flexibility index (Phi) is 4.37. The predicted molar refractivity (Wildman–Crippen MR) is 96.9 cm³/mol. The van der Waals surface area contributed by atoms with Crippen molar-refractivity contribution >= 4 is 11.8 Å². The van der Waals surface area contributed by atoms with E-state index < -0.39 is 12.8 Å². The van der Waals surface area contributed by atoms with E-state index in [4.69, 9.17) is 9.47 Å². The number of amides is 2. The first kappa shape index (κ1) is 18.2. The molecule has 0 aromatic heterocycles. The Bertz CT molecular complexity index is 798. The van der Waals surface area contributed by atoms with Gasteiger partial charge in [0.2, 0.25) is 0 Å². The molecule has 2 heterocycles. The summed E-state index contributed by atoms with van der Waals surface area (Å²) in [4.78, 5) is 25.4. The van der Waals surface area contributed by atoms with Crippen LogP contribution in [0.5, 0.6) is 5.75 Å². The van der Waals surface area contributed by atoms with E-state index in [1.54, 1.807) is 12.1 Å². The Morgan fingerprint density at radius 1 is 1.33 bits per heavy atom. The molecule has 146 valence electrons. The number of nitrogens with one attached hydrogen (secondary N) is 2. The molecule has 5 atom stereocenters. The van der Waals surface area contributed by atoms with Crippen LogP contribution in [0.1, 0.15) is 53.0 Å². The normalized spacial score (nSPS) is 33.0. The molecular weight excluding hydrogens is 351 g/mol. The number of ether oxygens (including phenoxy) is 2. The summed E-state index contributed by atoms with van der Waals surface area (Å²) in [5.41, 5.74) is 1.40. The van der Waals surface area contributed by atoms with Crippen molar-refractivity contribution in [2.45, 2.75) is 38.8 Å². The second-order valence-corrected chi connectivity index (χ2v) is 7.98. The molecule has 2 amide bonds. The number of alkyl halides is 1. The van der Waals surface area contributed by atoms with E-state index in [1.165, 1.54) is 0 Å². The molecule has 1 aromatic rings. The standard InChI is InChI=1S/C20H25FN2O4/c1-4-22-19(25)13-6-11(5-12-10(2)15(7-21)27-16(12)13)18(24)23-17-14-8-26-9-20(14,17)3/h5-6,10,14-15,17H,4,7-9H2,1-3H3,(H,22,25)(H,23,24)/t10-,14-,15+,17?,20-/m0/s1. The number of halogens is 1. The molecular formula is C20H25FN2O4. The van der Waals surface area contributed by atoms with Crippen LogP contribution in [0.4, 0.5) is 4.39 Å². The van der Waals surface area contributed by atoms with Crippen LogP contribution in [0, 0.1) is 11.3 Å². The lowest BCUT2D eigenvalue weighted by Gasteiger charge is -2.14. The molecule has 27 heavy (non-hydrogen) atoms. The summed E-state index contributed by atoms with van der Waals surface area (Å²) < 4.78 is 24.4. The maximum absolute atomic E-state index is 13.3. The molecule has 0 bridgehead atoms. The Balaban J connectivity index is 1.63. The van der Waals surface area contributed by atoms with Gasteiger partial charge in [-0.3, -0.25) is 9.59 Å². The van der Waals surface area contributed by atoms with Gasteiger partial charge in [0.25, 0.3) is 11.8 Å². The van der Waals surface area contributed by atoms with Crippen LogP contribution in [0.15, 0.2) is 12.1 Å². The molecule has 4 rings (SSSR count). The number of carbonyl (C=O) groups excluding carboxylic acids is 2. The van der Waals surface area contributed by atoms with Gasteiger partial charge in [0, 0.05) is 41.0 Å². The van der Waals surface area contributed by atoms with E-state index in [0.717, 1.165) is 0 Å². The number of hydrogen-bond donors (Lipinski definition) is 2. The summed E-state index contributed by atoms with van der Waals surface area (Å²) >= 11 is 0. The van der Waals surface area contributed by atoms with Crippen LogP contribution in [-0.4, -0.2) is 50.4 Å². The van der Waals surface area contributed by atoms with Crippen molar-refractivity contribution in [3.05, 3.63) is 28.8 Å². The third-order valence-electron chi connectivity index (χ3n) is 6.28. The number of carbonyl (C=O) groups is 2. The molecule has 2 aliphatic heterocycles. The van der Waals surface area contributed by atoms with Crippen molar-refractivity contribution < 1.29 is 23.5 Å². The molecule has 1 saturated carbocycles. The Hall–Kier alpha value is -2.15. The summed E-state index contributed by atoms with van der Waals surface area (Å²) in [6, 6.07) is 3.36. The van der Waals surface area contributed by atoms with Gasteiger partial charge in [0.1, 0.15) is 18.5 Å². The lowest BCUT2D eigenvalue weighted by molar-refractivity contribution is 0.0914. The van der Waals surface area contributed by atoms with Gasteiger partial charge in [-0.05, 0) is 19.1 Å². The van der Waals surface area contributed by atoms with Gasteiger partial charge < -0.3 is 20.1 Å². The summed E-state index contributed by atoms with van der Waals surface area (Å²) in [6.45, 7) is 6.90. The zero-order chi connectivity index (χ0) is 19.3. The second kappa shape index (κ2) is 6.48. The van der Waals surface area contributed by atoms with E-state index in [2.05, 4.69) is 17.6 Å². The van der Waals surface area contributed by atoms with Gasteiger partial charge >= 0.3 is 0 Å². The van der Waals surface area contributed by atoms with Gasteiger partial charge in [0.05, 0.1) is 18.8 Å². The highest BCUT2D eigenvalue weighted by Crippen LogP contribution is 2.56. The molecule has 1 unspecified atom stereocenters. The van der Waals surface area contributed by atoms with Crippen LogP contribution in [-0.2, 0) is 4.74 Å². The minimum atomic E-state index is -0.645. The topological polar surface area (TPSA) is 76.7 Å². The van der Waals surface area contributed by atoms with Crippen molar-refractivity contribution in [3.8, 4) is 5.75 Å². The van der Waals surface area contributed by atoms with E-state index in [9.17, 15) is 14.0 Å². The highest BCUT2D eigenvalue weighted by Gasteiger charge is 2.65. The smallest absolute Gasteiger partial charge is 0.255 e. The van der Waals surface area contributed by atoms with Crippen molar-refractivity contribution in [1.29, 1.82) is 0 Å². The number of hydrogen-bond acceptors (Lipinski definition) is 4. The average molecular weight is 376 g/mol. The number of fused-ring (bicyclic) bond motifs is 2. The largest absolute Gasteiger partial charge is 0.486 e. The monoisotopic (exact) mass is 376 g/mol. The Labute approximate surface area is 157 Å². The van der Waals surface area contributed by atoms with Crippen molar-refractivity contribution in [2.75, 3.05) is 26.4 Å². The molecule has 2 N–H and O–H groups in total.